The second-order valence-electron chi connectivity index (χ2n) is 5.15. The molecule has 0 radical (unpaired) electrons. The lowest BCUT2D eigenvalue weighted by Gasteiger charge is -2.22. The molecule has 1 atom stereocenters. The molecule has 1 aliphatic rings. The maximum absolute atomic E-state index is 9.61. The van der Waals surface area contributed by atoms with E-state index in [0.717, 1.165) is 22.8 Å². The predicted octanol–water partition coefficient (Wildman–Crippen LogP) is 3.69. The van der Waals surface area contributed by atoms with Gasteiger partial charge in [-0.25, -0.2) is 0 Å². The zero-order valence-electron chi connectivity index (χ0n) is 10.9. The lowest BCUT2D eigenvalue weighted by atomic mass is 9.86. The number of methoxy groups -OCH3 is 1. The van der Waals surface area contributed by atoms with E-state index < -0.39 is 0 Å². The molecule has 18 heavy (non-hydrogen) atoms. The molecule has 1 aromatic rings. The molecule has 1 saturated carbocycles. The summed E-state index contributed by atoms with van der Waals surface area (Å²) in [6, 6.07) is 5.70. The molecule has 1 fully saturated rings. The van der Waals surface area contributed by atoms with Crippen molar-refractivity contribution in [3.63, 3.8) is 0 Å². The third-order valence-corrected chi connectivity index (χ3v) is 4.26. The number of aliphatic hydroxyl groups excluding tert-OH is 1. The Balaban J connectivity index is 2.12. The van der Waals surface area contributed by atoms with Crippen molar-refractivity contribution in [1.82, 2.24) is 0 Å². The van der Waals surface area contributed by atoms with Gasteiger partial charge in [0.25, 0.3) is 0 Å². The van der Waals surface area contributed by atoms with E-state index in [1.54, 1.807) is 7.11 Å². The largest absolute Gasteiger partial charge is 0.496 e. The quantitative estimate of drug-likeness (QED) is 0.883. The van der Waals surface area contributed by atoms with Crippen molar-refractivity contribution in [3.8, 4) is 5.75 Å². The molecule has 0 amide bonds. The molecule has 1 unspecified atom stereocenters. The second-order valence-corrected chi connectivity index (χ2v) is 5.58. The summed E-state index contributed by atoms with van der Waals surface area (Å²) in [4.78, 5) is 0. The lowest BCUT2D eigenvalue weighted by molar-refractivity contribution is 0.175. The van der Waals surface area contributed by atoms with Crippen LogP contribution in [0.5, 0.6) is 5.75 Å². The van der Waals surface area contributed by atoms with Gasteiger partial charge in [0.15, 0.2) is 0 Å². The molecule has 1 N–H and O–H groups in total. The SMILES string of the molecule is COc1ccc(Cl)cc1CC(CO)C1CCCC1. The monoisotopic (exact) mass is 268 g/mol. The van der Waals surface area contributed by atoms with E-state index >= 15 is 0 Å². The molecule has 1 aliphatic carbocycles. The molecule has 1 aromatic carbocycles. The van der Waals surface area contributed by atoms with E-state index in [2.05, 4.69) is 0 Å². The summed E-state index contributed by atoms with van der Waals surface area (Å²) in [5.41, 5.74) is 1.11. The van der Waals surface area contributed by atoms with Crippen LogP contribution >= 0.6 is 11.6 Å². The van der Waals surface area contributed by atoms with E-state index in [0.29, 0.717) is 11.8 Å². The Morgan fingerprint density at radius 1 is 1.39 bits per heavy atom. The highest BCUT2D eigenvalue weighted by atomic mass is 35.5. The van der Waals surface area contributed by atoms with Gasteiger partial charge in [-0.15, -0.1) is 0 Å². The summed E-state index contributed by atoms with van der Waals surface area (Å²) in [5, 5.41) is 10.3. The maximum Gasteiger partial charge on any atom is 0.122 e. The fraction of sp³-hybridized carbons (Fsp3) is 0.600. The average Bonchev–Trinajstić information content (AvgIpc) is 2.90. The summed E-state index contributed by atoms with van der Waals surface area (Å²) in [7, 11) is 1.68. The van der Waals surface area contributed by atoms with Gasteiger partial charge in [0, 0.05) is 11.6 Å². The van der Waals surface area contributed by atoms with Crippen molar-refractivity contribution >= 4 is 11.6 Å². The van der Waals surface area contributed by atoms with Gasteiger partial charge in [0.2, 0.25) is 0 Å². The molecule has 0 spiro atoms. The Hall–Kier alpha value is -0.730. The van der Waals surface area contributed by atoms with Gasteiger partial charge in [-0.1, -0.05) is 37.3 Å². The van der Waals surface area contributed by atoms with Gasteiger partial charge in [0.05, 0.1) is 7.11 Å². The third kappa shape index (κ3) is 3.18. The third-order valence-electron chi connectivity index (χ3n) is 4.03. The standard InChI is InChI=1S/C15H21ClO2/c1-18-15-7-6-14(16)9-12(15)8-13(10-17)11-4-2-3-5-11/h6-7,9,11,13,17H,2-5,8,10H2,1H3. The fourth-order valence-electron chi connectivity index (χ4n) is 3.00. The van der Waals surface area contributed by atoms with Crippen molar-refractivity contribution in [2.24, 2.45) is 11.8 Å². The van der Waals surface area contributed by atoms with E-state index in [9.17, 15) is 5.11 Å². The van der Waals surface area contributed by atoms with E-state index in [1.165, 1.54) is 25.7 Å². The lowest BCUT2D eigenvalue weighted by Crippen LogP contribution is -2.19. The van der Waals surface area contributed by atoms with Crippen molar-refractivity contribution in [1.29, 1.82) is 0 Å². The van der Waals surface area contributed by atoms with Crippen molar-refractivity contribution in [2.45, 2.75) is 32.1 Å². The van der Waals surface area contributed by atoms with Crippen molar-refractivity contribution in [2.75, 3.05) is 13.7 Å². The summed E-state index contributed by atoms with van der Waals surface area (Å²) in [6.45, 7) is 0.250. The molecule has 100 valence electrons. The van der Waals surface area contributed by atoms with Gasteiger partial charge in [-0.05, 0) is 42.0 Å². The van der Waals surface area contributed by atoms with Crippen LogP contribution in [0.1, 0.15) is 31.2 Å². The highest BCUT2D eigenvalue weighted by molar-refractivity contribution is 6.30. The first-order valence-corrected chi connectivity index (χ1v) is 7.05. The zero-order chi connectivity index (χ0) is 13.0. The Kier molecular flexibility index (Phi) is 4.90. The Morgan fingerprint density at radius 3 is 2.72 bits per heavy atom. The highest BCUT2D eigenvalue weighted by Crippen LogP contribution is 2.35. The molecule has 0 bridgehead atoms. The summed E-state index contributed by atoms with van der Waals surface area (Å²) in [5.74, 6) is 1.86. The van der Waals surface area contributed by atoms with Gasteiger partial charge >= 0.3 is 0 Å². The number of benzene rings is 1. The fourth-order valence-corrected chi connectivity index (χ4v) is 3.19. The minimum Gasteiger partial charge on any atom is -0.496 e. The van der Waals surface area contributed by atoms with Crippen LogP contribution in [0.25, 0.3) is 0 Å². The number of hydrogen-bond acceptors (Lipinski definition) is 2. The van der Waals surface area contributed by atoms with Crippen LogP contribution in [-0.4, -0.2) is 18.8 Å². The normalized spacial score (nSPS) is 17.9. The number of rotatable bonds is 5. The number of ether oxygens (including phenoxy) is 1. The minimum atomic E-state index is 0.250. The maximum atomic E-state index is 9.61. The first-order valence-electron chi connectivity index (χ1n) is 6.68. The minimum absolute atomic E-state index is 0.250. The van der Waals surface area contributed by atoms with Crippen LogP contribution in [0.3, 0.4) is 0 Å². The van der Waals surface area contributed by atoms with Gasteiger partial charge in [-0.3, -0.25) is 0 Å². The molecule has 0 saturated heterocycles. The van der Waals surface area contributed by atoms with Crippen LogP contribution in [0.4, 0.5) is 0 Å². The van der Waals surface area contributed by atoms with Crippen LogP contribution in [0.15, 0.2) is 18.2 Å². The van der Waals surface area contributed by atoms with E-state index in [1.807, 2.05) is 18.2 Å². The van der Waals surface area contributed by atoms with E-state index in [-0.39, 0.29) is 6.61 Å². The van der Waals surface area contributed by atoms with Crippen LogP contribution in [-0.2, 0) is 6.42 Å². The number of hydrogen-bond donors (Lipinski definition) is 1. The van der Waals surface area contributed by atoms with Crippen molar-refractivity contribution in [3.05, 3.63) is 28.8 Å². The second kappa shape index (κ2) is 6.44. The first-order chi connectivity index (χ1) is 8.74. The molecule has 2 rings (SSSR count). The zero-order valence-corrected chi connectivity index (χ0v) is 11.6. The van der Waals surface area contributed by atoms with Gasteiger partial charge in [-0.2, -0.15) is 0 Å². The molecule has 3 heteroatoms. The number of aliphatic hydroxyl groups is 1. The molecular weight excluding hydrogens is 248 g/mol. The summed E-state index contributed by atoms with van der Waals surface area (Å²) >= 11 is 6.04. The summed E-state index contributed by atoms with van der Waals surface area (Å²) in [6.07, 6.45) is 5.94. The highest BCUT2D eigenvalue weighted by Gasteiger charge is 2.25. The average molecular weight is 269 g/mol. The molecule has 0 aliphatic heterocycles. The van der Waals surface area contributed by atoms with Crippen LogP contribution < -0.4 is 4.74 Å². The van der Waals surface area contributed by atoms with Crippen LogP contribution in [0, 0.1) is 11.8 Å². The summed E-state index contributed by atoms with van der Waals surface area (Å²) < 4.78 is 5.37. The van der Waals surface area contributed by atoms with E-state index in [4.69, 9.17) is 16.3 Å². The van der Waals surface area contributed by atoms with Gasteiger partial charge in [0.1, 0.15) is 5.75 Å². The Bertz CT molecular complexity index is 386. The topological polar surface area (TPSA) is 29.5 Å². The Labute approximate surface area is 114 Å². The first kappa shape index (κ1) is 13.7. The molecular formula is C15H21ClO2. The van der Waals surface area contributed by atoms with Crippen molar-refractivity contribution < 1.29 is 9.84 Å². The predicted molar refractivity (Wildman–Crippen MR) is 74.2 cm³/mol. The molecule has 2 nitrogen and oxygen atoms in total. The molecule has 0 heterocycles. The molecule has 0 aromatic heterocycles. The van der Waals surface area contributed by atoms with Gasteiger partial charge < -0.3 is 9.84 Å². The number of halogens is 1. The Morgan fingerprint density at radius 2 is 2.11 bits per heavy atom. The smallest absolute Gasteiger partial charge is 0.122 e. The van der Waals surface area contributed by atoms with Crippen LogP contribution in [0.2, 0.25) is 5.02 Å².